The van der Waals surface area contributed by atoms with Crippen LogP contribution in [0.25, 0.3) is 11.1 Å². The van der Waals surface area contributed by atoms with Gasteiger partial charge in [-0.2, -0.15) is 0 Å². The molecule has 0 unspecified atom stereocenters. The molecule has 4 rings (SSSR count). The Hall–Kier alpha value is -2.12. The van der Waals surface area contributed by atoms with E-state index in [0.717, 1.165) is 29.8 Å². The molecule has 1 atom stereocenters. The van der Waals surface area contributed by atoms with Crippen molar-refractivity contribution < 1.29 is 18.7 Å². The second-order valence-corrected chi connectivity index (χ2v) is 6.53. The van der Waals surface area contributed by atoms with Crippen LogP contribution in [0.4, 0.5) is 4.79 Å². The van der Waals surface area contributed by atoms with Gasteiger partial charge < -0.3 is 24.1 Å². The third-order valence-corrected chi connectivity index (χ3v) is 4.81. The van der Waals surface area contributed by atoms with E-state index in [9.17, 15) is 4.79 Å². The lowest BCUT2D eigenvalue weighted by Crippen LogP contribution is -2.47. The lowest BCUT2D eigenvalue weighted by atomic mass is 9.97. The Kier molecular flexibility index (Phi) is 4.85. The molecule has 0 radical (unpaired) electrons. The summed E-state index contributed by atoms with van der Waals surface area (Å²) in [5.74, 6) is 1.06. The molecule has 2 amide bonds. The number of piperidine rings is 1. The maximum absolute atomic E-state index is 12.3. The Bertz CT molecular complexity index is 685. The molecule has 0 saturated carbocycles. The summed E-state index contributed by atoms with van der Waals surface area (Å²) in [5.41, 5.74) is 1.72. The predicted molar refractivity (Wildman–Crippen MR) is 91.5 cm³/mol. The molecule has 7 nitrogen and oxygen atoms in total. The van der Waals surface area contributed by atoms with Gasteiger partial charge in [0.15, 0.2) is 11.5 Å². The molecule has 2 aliphatic heterocycles. The Labute approximate surface area is 146 Å². The fourth-order valence-electron chi connectivity index (χ4n) is 3.36. The Morgan fingerprint density at radius 3 is 2.84 bits per heavy atom. The zero-order valence-electron chi connectivity index (χ0n) is 14.1. The van der Waals surface area contributed by atoms with Gasteiger partial charge >= 0.3 is 6.03 Å². The van der Waals surface area contributed by atoms with Gasteiger partial charge in [-0.25, -0.2) is 9.78 Å². The number of rotatable bonds is 3. The Morgan fingerprint density at radius 1 is 1.24 bits per heavy atom. The van der Waals surface area contributed by atoms with Gasteiger partial charge in [0.2, 0.25) is 0 Å². The van der Waals surface area contributed by atoms with Gasteiger partial charge in [0, 0.05) is 25.6 Å². The molecule has 134 valence electrons. The van der Waals surface area contributed by atoms with Crippen molar-refractivity contribution in [1.82, 2.24) is 15.2 Å². The molecule has 7 heteroatoms. The monoisotopic (exact) mass is 345 g/mol. The van der Waals surface area contributed by atoms with E-state index >= 15 is 0 Å². The van der Waals surface area contributed by atoms with Crippen molar-refractivity contribution in [3.05, 3.63) is 30.2 Å². The van der Waals surface area contributed by atoms with Crippen LogP contribution < -0.4 is 5.32 Å². The molecule has 2 aliphatic rings. The zero-order valence-corrected chi connectivity index (χ0v) is 14.1. The molecule has 0 bridgehead atoms. The third-order valence-electron chi connectivity index (χ3n) is 4.81. The van der Waals surface area contributed by atoms with E-state index in [0.29, 0.717) is 39.5 Å². The second kappa shape index (κ2) is 7.41. The number of urea groups is 1. The first-order valence-corrected chi connectivity index (χ1v) is 8.87. The number of ether oxygens (including phenoxy) is 2. The normalized spacial score (nSPS) is 22.2. The van der Waals surface area contributed by atoms with Crippen molar-refractivity contribution >= 4 is 17.1 Å². The topological polar surface area (TPSA) is 76.8 Å². The highest BCUT2D eigenvalue weighted by molar-refractivity contribution is 5.74. The number of hydrogen-bond donors (Lipinski definition) is 1. The average molecular weight is 345 g/mol. The number of hydrogen-bond acceptors (Lipinski definition) is 5. The minimum atomic E-state index is -0.0463. The predicted octanol–water partition coefficient (Wildman–Crippen LogP) is 2.13. The number of carbonyl (C=O) groups is 1. The number of oxazole rings is 1. The number of aromatic nitrogens is 1. The fourth-order valence-corrected chi connectivity index (χ4v) is 3.36. The SMILES string of the molecule is O=C(NC[C@@H]1COCCO1)N1CCC(c2nc3ccccc3o2)CC1. The van der Waals surface area contributed by atoms with Crippen LogP contribution in [-0.4, -0.2) is 61.5 Å². The fraction of sp³-hybridized carbons (Fsp3) is 0.556. The van der Waals surface area contributed by atoms with Crippen LogP contribution in [0.1, 0.15) is 24.7 Å². The summed E-state index contributed by atoms with van der Waals surface area (Å²) in [6.07, 6.45) is 1.68. The van der Waals surface area contributed by atoms with E-state index in [1.54, 1.807) is 0 Å². The van der Waals surface area contributed by atoms with Crippen LogP contribution in [0.5, 0.6) is 0 Å². The summed E-state index contributed by atoms with van der Waals surface area (Å²) in [7, 11) is 0. The Balaban J connectivity index is 1.28. The second-order valence-electron chi connectivity index (χ2n) is 6.53. The van der Waals surface area contributed by atoms with Gasteiger partial charge in [-0.3, -0.25) is 0 Å². The van der Waals surface area contributed by atoms with Crippen LogP contribution in [-0.2, 0) is 9.47 Å². The number of fused-ring (bicyclic) bond motifs is 1. The van der Waals surface area contributed by atoms with Gasteiger partial charge in [0.05, 0.1) is 25.9 Å². The Morgan fingerprint density at radius 2 is 2.08 bits per heavy atom. The summed E-state index contributed by atoms with van der Waals surface area (Å²) >= 11 is 0. The van der Waals surface area contributed by atoms with Crippen molar-refractivity contribution in [2.45, 2.75) is 24.9 Å². The number of nitrogens with zero attached hydrogens (tertiary/aromatic N) is 2. The smallest absolute Gasteiger partial charge is 0.317 e. The molecular formula is C18H23N3O4. The highest BCUT2D eigenvalue weighted by Crippen LogP contribution is 2.29. The highest BCUT2D eigenvalue weighted by atomic mass is 16.6. The van der Waals surface area contributed by atoms with E-state index in [4.69, 9.17) is 13.9 Å². The maximum Gasteiger partial charge on any atom is 0.317 e. The lowest BCUT2D eigenvalue weighted by molar-refractivity contribution is -0.0856. The molecule has 1 aromatic heterocycles. The molecule has 25 heavy (non-hydrogen) atoms. The van der Waals surface area contributed by atoms with Gasteiger partial charge in [-0.15, -0.1) is 0 Å². The molecule has 2 fully saturated rings. The number of benzene rings is 1. The van der Waals surface area contributed by atoms with E-state index in [2.05, 4.69) is 10.3 Å². The average Bonchev–Trinajstić information content (AvgIpc) is 3.11. The standard InChI is InChI=1S/C18H23N3O4/c22-18(19-11-14-12-23-9-10-24-14)21-7-5-13(6-8-21)17-20-15-3-1-2-4-16(15)25-17/h1-4,13-14H,5-12H2,(H,19,22)/t14-/m1/s1. The molecule has 2 saturated heterocycles. The molecule has 0 aliphatic carbocycles. The van der Waals surface area contributed by atoms with Crippen LogP contribution in [0.15, 0.2) is 28.7 Å². The van der Waals surface area contributed by atoms with Crippen LogP contribution in [0, 0.1) is 0 Å². The summed E-state index contributed by atoms with van der Waals surface area (Å²) in [5, 5.41) is 2.94. The van der Waals surface area contributed by atoms with E-state index < -0.39 is 0 Å². The molecule has 3 heterocycles. The largest absolute Gasteiger partial charge is 0.440 e. The molecule has 2 aromatic rings. The summed E-state index contributed by atoms with van der Waals surface area (Å²) < 4.78 is 16.8. The van der Waals surface area contributed by atoms with E-state index in [1.165, 1.54) is 0 Å². The first-order chi connectivity index (χ1) is 12.3. The van der Waals surface area contributed by atoms with E-state index in [-0.39, 0.29) is 18.1 Å². The number of amides is 2. The van der Waals surface area contributed by atoms with Crippen LogP contribution in [0.2, 0.25) is 0 Å². The van der Waals surface area contributed by atoms with Crippen molar-refractivity contribution in [3.8, 4) is 0 Å². The zero-order chi connectivity index (χ0) is 17.1. The number of likely N-dealkylation sites (tertiary alicyclic amines) is 1. The minimum Gasteiger partial charge on any atom is -0.440 e. The highest BCUT2D eigenvalue weighted by Gasteiger charge is 2.27. The van der Waals surface area contributed by atoms with Crippen molar-refractivity contribution in [2.24, 2.45) is 0 Å². The first-order valence-electron chi connectivity index (χ1n) is 8.87. The van der Waals surface area contributed by atoms with Crippen molar-refractivity contribution in [1.29, 1.82) is 0 Å². The molecule has 1 aromatic carbocycles. The molecule has 0 spiro atoms. The summed E-state index contributed by atoms with van der Waals surface area (Å²) in [6, 6.07) is 7.77. The number of para-hydroxylation sites is 2. The van der Waals surface area contributed by atoms with Gasteiger partial charge in [-0.1, -0.05) is 12.1 Å². The van der Waals surface area contributed by atoms with Gasteiger partial charge in [0.25, 0.3) is 0 Å². The maximum atomic E-state index is 12.3. The quantitative estimate of drug-likeness (QED) is 0.922. The third kappa shape index (κ3) is 3.77. The van der Waals surface area contributed by atoms with Gasteiger partial charge in [-0.05, 0) is 25.0 Å². The molecule has 1 N–H and O–H groups in total. The summed E-state index contributed by atoms with van der Waals surface area (Å²) in [6.45, 7) is 3.67. The minimum absolute atomic E-state index is 0.0369. The van der Waals surface area contributed by atoms with E-state index in [1.807, 2.05) is 29.2 Å². The molecular weight excluding hydrogens is 322 g/mol. The van der Waals surface area contributed by atoms with Crippen LogP contribution in [0.3, 0.4) is 0 Å². The first kappa shape index (κ1) is 16.4. The number of nitrogens with one attached hydrogen (secondary N) is 1. The van der Waals surface area contributed by atoms with Crippen molar-refractivity contribution in [2.75, 3.05) is 39.5 Å². The lowest BCUT2D eigenvalue weighted by Gasteiger charge is -2.31. The number of carbonyl (C=O) groups excluding carboxylic acids is 1. The van der Waals surface area contributed by atoms with Crippen molar-refractivity contribution in [3.63, 3.8) is 0 Å². The van der Waals surface area contributed by atoms with Gasteiger partial charge in [0.1, 0.15) is 5.52 Å². The summed E-state index contributed by atoms with van der Waals surface area (Å²) in [4.78, 5) is 18.7. The van der Waals surface area contributed by atoms with Crippen LogP contribution >= 0.6 is 0 Å².